The van der Waals surface area contributed by atoms with Crippen molar-refractivity contribution in [2.75, 3.05) is 12.1 Å². The van der Waals surface area contributed by atoms with Gasteiger partial charge >= 0.3 is 0 Å². The fourth-order valence-electron chi connectivity index (χ4n) is 2.31. The van der Waals surface area contributed by atoms with Gasteiger partial charge in [-0.2, -0.15) is 0 Å². The van der Waals surface area contributed by atoms with E-state index in [0.717, 1.165) is 5.56 Å². The van der Waals surface area contributed by atoms with E-state index in [-0.39, 0.29) is 17.4 Å². The number of rotatable bonds is 2. The van der Waals surface area contributed by atoms with Crippen molar-refractivity contribution >= 4 is 23.6 Å². The molecule has 1 heterocycles. The first-order valence-corrected chi connectivity index (χ1v) is 6.62. The minimum absolute atomic E-state index is 0.174. The van der Waals surface area contributed by atoms with E-state index in [4.69, 9.17) is 0 Å². The van der Waals surface area contributed by atoms with Gasteiger partial charge < -0.3 is 0 Å². The number of likely N-dealkylation sites (N-methyl/N-ethyl adjacent to an activating group) is 1. The average Bonchev–Trinajstić information content (AvgIpc) is 2.73. The molecule has 1 saturated heterocycles. The molecule has 0 aliphatic carbocycles. The number of hydrazine groups is 1. The van der Waals surface area contributed by atoms with Crippen molar-refractivity contribution < 1.29 is 9.59 Å². The molecule has 0 atom stereocenters. The Hall–Kier alpha value is -2.88. The highest BCUT2D eigenvalue weighted by Crippen LogP contribution is 2.26. The third-order valence-corrected chi connectivity index (χ3v) is 3.36. The third-order valence-electron chi connectivity index (χ3n) is 3.36. The predicted molar refractivity (Wildman–Crippen MR) is 81.1 cm³/mol. The Morgan fingerprint density at radius 1 is 0.810 bits per heavy atom. The number of nitrogens with zero attached hydrogens (tertiary/aromatic N) is 2. The third kappa shape index (κ3) is 2.31. The van der Waals surface area contributed by atoms with Crippen LogP contribution in [0.1, 0.15) is 5.56 Å². The van der Waals surface area contributed by atoms with Crippen LogP contribution in [0.3, 0.4) is 0 Å². The highest BCUT2D eigenvalue weighted by molar-refractivity contribution is 6.31. The van der Waals surface area contributed by atoms with E-state index in [2.05, 4.69) is 0 Å². The monoisotopic (exact) mass is 278 g/mol. The Kier molecular flexibility index (Phi) is 3.28. The molecular formula is C17H14N2O2. The molecule has 1 aliphatic rings. The van der Waals surface area contributed by atoms with Gasteiger partial charge in [0.05, 0.1) is 5.69 Å². The molecule has 1 fully saturated rings. The molecule has 4 heteroatoms. The highest BCUT2D eigenvalue weighted by atomic mass is 16.2. The van der Waals surface area contributed by atoms with Gasteiger partial charge in [0.2, 0.25) is 0 Å². The quantitative estimate of drug-likeness (QED) is 0.625. The molecular weight excluding hydrogens is 264 g/mol. The summed E-state index contributed by atoms with van der Waals surface area (Å²) >= 11 is 0. The summed E-state index contributed by atoms with van der Waals surface area (Å²) < 4.78 is 0. The van der Waals surface area contributed by atoms with Crippen LogP contribution >= 0.6 is 0 Å². The molecule has 104 valence electrons. The molecule has 2 aromatic rings. The first-order chi connectivity index (χ1) is 10.2. The van der Waals surface area contributed by atoms with Gasteiger partial charge in [-0.3, -0.25) is 9.59 Å². The van der Waals surface area contributed by atoms with Gasteiger partial charge in [0.1, 0.15) is 5.57 Å². The molecule has 0 saturated carbocycles. The SMILES string of the molecule is CN1C(=O)/C(=C/c2ccccc2)C(=O)N1c1ccccc1. The van der Waals surface area contributed by atoms with Gasteiger partial charge in [0, 0.05) is 7.05 Å². The average molecular weight is 278 g/mol. The largest absolute Gasteiger partial charge is 0.282 e. The molecule has 0 bridgehead atoms. The van der Waals surface area contributed by atoms with Crippen molar-refractivity contribution in [3.8, 4) is 0 Å². The number of amides is 2. The van der Waals surface area contributed by atoms with Crippen molar-refractivity contribution in [3.05, 3.63) is 71.8 Å². The number of para-hydroxylation sites is 1. The van der Waals surface area contributed by atoms with Gasteiger partial charge in [-0.25, -0.2) is 10.0 Å². The summed E-state index contributed by atoms with van der Waals surface area (Å²) in [6.07, 6.45) is 1.63. The van der Waals surface area contributed by atoms with Crippen molar-refractivity contribution in [1.82, 2.24) is 5.01 Å². The normalized spacial score (nSPS) is 16.9. The first kappa shape index (κ1) is 13.1. The van der Waals surface area contributed by atoms with Gasteiger partial charge in [0.15, 0.2) is 0 Å². The fraction of sp³-hybridized carbons (Fsp3) is 0.0588. The number of carbonyl (C=O) groups is 2. The standard InChI is InChI=1S/C17H14N2O2/c1-18-16(20)15(12-13-8-4-2-5-9-13)17(21)19(18)14-10-6-3-7-11-14/h2-12H,1H3/b15-12-. The molecule has 0 unspecified atom stereocenters. The molecule has 4 nitrogen and oxygen atoms in total. The lowest BCUT2D eigenvalue weighted by Gasteiger charge is -2.22. The minimum atomic E-state index is -0.308. The summed E-state index contributed by atoms with van der Waals surface area (Å²) in [7, 11) is 1.60. The van der Waals surface area contributed by atoms with Crippen LogP contribution in [0.4, 0.5) is 5.69 Å². The number of hydrogen-bond acceptors (Lipinski definition) is 2. The molecule has 2 aromatic carbocycles. The van der Waals surface area contributed by atoms with Gasteiger partial charge in [-0.15, -0.1) is 0 Å². The Labute approximate surface area is 122 Å². The van der Waals surface area contributed by atoms with Crippen molar-refractivity contribution in [1.29, 1.82) is 0 Å². The first-order valence-electron chi connectivity index (χ1n) is 6.62. The predicted octanol–water partition coefficient (Wildman–Crippen LogP) is 2.49. The lowest BCUT2D eigenvalue weighted by Crippen LogP contribution is -2.37. The minimum Gasteiger partial charge on any atom is -0.267 e. The fourth-order valence-corrected chi connectivity index (χ4v) is 2.31. The summed E-state index contributed by atoms with van der Waals surface area (Å²) in [6, 6.07) is 18.5. The zero-order valence-corrected chi connectivity index (χ0v) is 11.6. The summed E-state index contributed by atoms with van der Waals surface area (Å²) in [5.74, 6) is -0.606. The van der Waals surface area contributed by atoms with E-state index >= 15 is 0 Å². The number of hydrogen-bond donors (Lipinski definition) is 0. The second kappa shape index (κ2) is 5.25. The van der Waals surface area contributed by atoms with Gasteiger partial charge in [-0.05, 0) is 23.8 Å². The number of anilines is 1. The summed E-state index contributed by atoms with van der Waals surface area (Å²) in [5, 5.41) is 2.73. The summed E-state index contributed by atoms with van der Waals surface area (Å²) in [6.45, 7) is 0. The molecule has 1 aliphatic heterocycles. The molecule has 0 radical (unpaired) electrons. The maximum Gasteiger partial charge on any atom is 0.282 e. The van der Waals surface area contributed by atoms with Crippen LogP contribution in [0.5, 0.6) is 0 Å². The maximum absolute atomic E-state index is 12.5. The molecule has 0 N–H and O–H groups in total. The van der Waals surface area contributed by atoms with Crippen LogP contribution < -0.4 is 5.01 Å². The Morgan fingerprint density at radius 3 is 2.00 bits per heavy atom. The molecule has 2 amide bonds. The Morgan fingerprint density at radius 2 is 1.38 bits per heavy atom. The van der Waals surface area contributed by atoms with E-state index in [1.54, 1.807) is 25.3 Å². The second-order valence-electron chi connectivity index (χ2n) is 4.75. The van der Waals surface area contributed by atoms with E-state index in [1.807, 2.05) is 48.5 Å². The second-order valence-corrected chi connectivity index (χ2v) is 4.75. The van der Waals surface area contributed by atoms with Gasteiger partial charge in [-0.1, -0.05) is 48.5 Å². The van der Waals surface area contributed by atoms with Crippen LogP contribution in [0, 0.1) is 0 Å². The lowest BCUT2D eigenvalue weighted by atomic mass is 10.1. The summed E-state index contributed by atoms with van der Waals surface area (Å²) in [4.78, 5) is 24.8. The smallest absolute Gasteiger partial charge is 0.267 e. The maximum atomic E-state index is 12.5. The van der Waals surface area contributed by atoms with Crippen LogP contribution in [-0.2, 0) is 9.59 Å². The van der Waals surface area contributed by atoms with Crippen LogP contribution in [0.2, 0.25) is 0 Å². The van der Waals surface area contributed by atoms with Crippen molar-refractivity contribution in [2.24, 2.45) is 0 Å². The van der Waals surface area contributed by atoms with E-state index in [9.17, 15) is 9.59 Å². The topological polar surface area (TPSA) is 40.6 Å². The Bertz CT molecular complexity index is 708. The van der Waals surface area contributed by atoms with Gasteiger partial charge in [0.25, 0.3) is 11.8 Å². The number of benzene rings is 2. The molecule has 0 spiro atoms. The van der Waals surface area contributed by atoms with Crippen molar-refractivity contribution in [3.63, 3.8) is 0 Å². The van der Waals surface area contributed by atoms with E-state index in [0.29, 0.717) is 5.69 Å². The Balaban J connectivity index is 2.00. The van der Waals surface area contributed by atoms with E-state index < -0.39 is 0 Å². The summed E-state index contributed by atoms with van der Waals surface area (Å²) in [5.41, 5.74) is 1.68. The molecule has 3 rings (SSSR count). The molecule has 21 heavy (non-hydrogen) atoms. The zero-order chi connectivity index (χ0) is 14.8. The zero-order valence-electron chi connectivity index (χ0n) is 11.6. The van der Waals surface area contributed by atoms with Crippen LogP contribution in [0.15, 0.2) is 66.2 Å². The molecule has 0 aromatic heterocycles. The van der Waals surface area contributed by atoms with Crippen LogP contribution in [-0.4, -0.2) is 23.9 Å². The number of carbonyl (C=O) groups excluding carboxylic acids is 2. The van der Waals surface area contributed by atoms with Crippen molar-refractivity contribution in [2.45, 2.75) is 0 Å². The lowest BCUT2D eigenvalue weighted by molar-refractivity contribution is -0.124. The van der Waals surface area contributed by atoms with E-state index in [1.165, 1.54) is 10.0 Å². The highest BCUT2D eigenvalue weighted by Gasteiger charge is 2.39. The van der Waals surface area contributed by atoms with Crippen LogP contribution in [0.25, 0.3) is 6.08 Å².